The lowest BCUT2D eigenvalue weighted by Gasteiger charge is -2.26. The molecule has 0 radical (unpaired) electrons. The molecule has 0 aromatic heterocycles. The van der Waals surface area contributed by atoms with Crippen molar-refractivity contribution in [3.63, 3.8) is 0 Å². The molecule has 76 valence electrons. The highest BCUT2D eigenvalue weighted by molar-refractivity contribution is 5.29. The summed E-state index contributed by atoms with van der Waals surface area (Å²) in [5.41, 5.74) is 3.15. The van der Waals surface area contributed by atoms with Gasteiger partial charge in [-0.2, -0.15) is 0 Å². The van der Waals surface area contributed by atoms with E-state index in [2.05, 4.69) is 43.3 Å². The first kappa shape index (κ1) is 9.72. The average Bonchev–Trinajstić information content (AvgIpc) is 2.17. The zero-order valence-corrected chi connectivity index (χ0v) is 9.16. The highest BCUT2D eigenvalue weighted by Crippen LogP contribution is 2.25. The largest absolute Gasteiger partial charge is 0.309 e. The summed E-state index contributed by atoms with van der Waals surface area (Å²) in [6.45, 7) is 1.23. The fourth-order valence-electron chi connectivity index (χ4n) is 2.45. The maximum Gasteiger partial charge on any atom is 0.000685 e. The lowest BCUT2D eigenvalue weighted by Crippen LogP contribution is -2.26. The molecule has 14 heavy (non-hydrogen) atoms. The third kappa shape index (κ3) is 2.16. The molecule has 2 rings (SSSR count). The van der Waals surface area contributed by atoms with E-state index in [0.29, 0.717) is 0 Å². The van der Waals surface area contributed by atoms with Crippen molar-refractivity contribution in [3.8, 4) is 0 Å². The van der Waals surface area contributed by atoms with Crippen molar-refractivity contribution in [3.05, 3.63) is 35.4 Å². The van der Waals surface area contributed by atoms with Crippen molar-refractivity contribution in [1.82, 2.24) is 4.90 Å². The van der Waals surface area contributed by atoms with E-state index in [1.54, 1.807) is 11.1 Å². The lowest BCUT2D eigenvalue weighted by atomic mass is 9.84. The summed E-state index contributed by atoms with van der Waals surface area (Å²) in [5.74, 6) is 0.861. The van der Waals surface area contributed by atoms with Gasteiger partial charge in [-0.3, -0.25) is 0 Å². The van der Waals surface area contributed by atoms with Crippen molar-refractivity contribution in [1.29, 1.82) is 0 Å². The van der Waals surface area contributed by atoms with E-state index < -0.39 is 0 Å². The minimum Gasteiger partial charge on any atom is -0.309 e. The summed E-state index contributed by atoms with van der Waals surface area (Å²) in [4.78, 5) is 2.30. The third-order valence-corrected chi connectivity index (χ3v) is 3.07. The number of rotatable bonds is 2. The minimum absolute atomic E-state index is 0.861. The van der Waals surface area contributed by atoms with E-state index in [0.717, 1.165) is 5.92 Å². The van der Waals surface area contributed by atoms with Crippen LogP contribution in [0.25, 0.3) is 0 Å². The number of hydrogen-bond acceptors (Lipinski definition) is 1. The van der Waals surface area contributed by atoms with Gasteiger partial charge in [0, 0.05) is 6.54 Å². The predicted molar refractivity (Wildman–Crippen MR) is 60.5 cm³/mol. The van der Waals surface area contributed by atoms with Crippen LogP contribution in [0.5, 0.6) is 0 Å². The number of fused-ring (bicyclic) bond motifs is 1. The molecule has 0 fully saturated rings. The van der Waals surface area contributed by atoms with Gasteiger partial charge in [-0.05, 0) is 50.4 Å². The van der Waals surface area contributed by atoms with Gasteiger partial charge in [-0.25, -0.2) is 0 Å². The lowest BCUT2D eigenvalue weighted by molar-refractivity contribution is 0.303. The standard InChI is InChI=1S/C13H19N/c1-14(2)10-11-7-8-12-5-3-4-6-13(12)9-11/h3-6,11H,7-10H2,1-2H3. The van der Waals surface area contributed by atoms with Gasteiger partial charge >= 0.3 is 0 Å². The molecule has 1 unspecified atom stereocenters. The van der Waals surface area contributed by atoms with Gasteiger partial charge in [0.2, 0.25) is 0 Å². The van der Waals surface area contributed by atoms with E-state index in [9.17, 15) is 0 Å². The molecular formula is C13H19N. The Bertz CT molecular complexity index is 304. The molecule has 1 aromatic rings. The topological polar surface area (TPSA) is 3.24 Å². The van der Waals surface area contributed by atoms with Crippen LogP contribution >= 0.6 is 0 Å². The number of aryl methyl sites for hydroxylation is 1. The SMILES string of the molecule is CN(C)CC1CCc2ccccc2C1. The van der Waals surface area contributed by atoms with Crippen LogP contribution in [0.1, 0.15) is 17.5 Å². The van der Waals surface area contributed by atoms with Crippen molar-refractivity contribution >= 4 is 0 Å². The van der Waals surface area contributed by atoms with E-state index in [4.69, 9.17) is 0 Å². The van der Waals surface area contributed by atoms with Crippen LogP contribution in [0.4, 0.5) is 0 Å². The fraction of sp³-hybridized carbons (Fsp3) is 0.538. The Morgan fingerprint density at radius 3 is 2.64 bits per heavy atom. The molecule has 1 nitrogen and oxygen atoms in total. The first-order chi connectivity index (χ1) is 6.75. The van der Waals surface area contributed by atoms with Crippen LogP contribution in [-0.2, 0) is 12.8 Å². The predicted octanol–water partition coefficient (Wildman–Crippen LogP) is 2.35. The Morgan fingerprint density at radius 2 is 1.93 bits per heavy atom. The fourth-order valence-corrected chi connectivity index (χ4v) is 2.45. The second-order valence-electron chi connectivity index (χ2n) is 4.64. The normalized spacial score (nSPS) is 20.9. The summed E-state index contributed by atoms with van der Waals surface area (Å²) >= 11 is 0. The Labute approximate surface area is 86.7 Å². The molecule has 1 aliphatic rings. The molecule has 1 aliphatic carbocycles. The summed E-state index contributed by atoms with van der Waals surface area (Å²) < 4.78 is 0. The average molecular weight is 189 g/mol. The smallest absolute Gasteiger partial charge is 0.000685 e. The van der Waals surface area contributed by atoms with Gasteiger partial charge in [0.15, 0.2) is 0 Å². The number of benzene rings is 1. The Balaban J connectivity index is 2.06. The van der Waals surface area contributed by atoms with Crippen molar-refractivity contribution in [2.75, 3.05) is 20.6 Å². The van der Waals surface area contributed by atoms with E-state index in [1.807, 2.05) is 0 Å². The van der Waals surface area contributed by atoms with Gasteiger partial charge in [0.25, 0.3) is 0 Å². The molecule has 0 N–H and O–H groups in total. The molecule has 0 heterocycles. The van der Waals surface area contributed by atoms with E-state index in [-0.39, 0.29) is 0 Å². The molecule has 0 saturated carbocycles. The van der Waals surface area contributed by atoms with Crippen molar-refractivity contribution in [2.45, 2.75) is 19.3 Å². The monoisotopic (exact) mass is 189 g/mol. The third-order valence-electron chi connectivity index (χ3n) is 3.07. The molecule has 0 amide bonds. The summed E-state index contributed by atoms with van der Waals surface area (Å²) in [6, 6.07) is 8.89. The summed E-state index contributed by atoms with van der Waals surface area (Å²) in [5, 5.41) is 0. The van der Waals surface area contributed by atoms with Crippen LogP contribution < -0.4 is 0 Å². The number of hydrogen-bond donors (Lipinski definition) is 0. The van der Waals surface area contributed by atoms with Gasteiger partial charge in [0.1, 0.15) is 0 Å². The summed E-state index contributed by atoms with van der Waals surface area (Å²) in [7, 11) is 4.33. The van der Waals surface area contributed by atoms with Crippen molar-refractivity contribution in [2.24, 2.45) is 5.92 Å². The zero-order chi connectivity index (χ0) is 9.97. The molecule has 1 aromatic carbocycles. The Hall–Kier alpha value is -0.820. The second-order valence-corrected chi connectivity index (χ2v) is 4.64. The molecule has 0 saturated heterocycles. The summed E-state index contributed by atoms with van der Waals surface area (Å²) in [6.07, 6.45) is 3.90. The van der Waals surface area contributed by atoms with Gasteiger partial charge in [-0.15, -0.1) is 0 Å². The van der Waals surface area contributed by atoms with Crippen LogP contribution in [0, 0.1) is 5.92 Å². The van der Waals surface area contributed by atoms with E-state index >= 15 is 0 Å². The molecule has 0 bridgehead atoms. The van der Waals surface area contributed by atoms with E-state index in [1.165, 1.54) is 25.8 Å². The highest BCUT2D eigenvalue weighted by atomic mass is 15.1. The van der Waals surface area contributed by atoms with Crippen LogP contribution in [-0.4, -0.2) is 25.5 Å². The molecule has 1 atom stereocenters. The first-order valence-corrected chi connectivity index (χ1v) is 5.47. The zero-order valence-electron chi connectivity index (χ0n) is 9.16. The van der Waals surface area contributed by atoms with Gasteiger partial charge < -0.3 is 4.90 Å². The van der Waals surface area contributed by atoms with Gasteiger partial charge in [0.05, 0.1) is 0 Å². The molecule has 1 heteroatoms. The van der Waals surface area contributed by atoms with Crippen LogP contribution in [0.2, 0.25) is 0 Å². The molecule has 0 spiro atoms. The minimum atomic E-state index is 0.861. The van der Waals surface area contributed by atoms with Crippen LogP contribution in [0.15, 0.2) is 24.3 Å². The number of nitrogens with zero attached hydrogens (tertiary/aromatic N) is 1. The van der Waals surface area contributed by atoms with Crippen LogP contribution in [0.3, 0.4) is 0 Å². The maximum absolute atomic E-state index is 2.30. The van der Waals surface area contributed by atoms with Crippen molar-refractivity contribution < 1.29 is 0 Å². The Morgan fingerprint density at radius 1 is 1.21 bits per heavy atom. The molecule has 0 aliphatic heterocycles. The second kappa shape index (κ2) is 4.14. The maximum atomic E-state index is 2.30. The quantitative estimate of drug-likeness (QED) is 0.690. The highest BCUT2D eigenvalue weighted by Gasteiger charge is 2.18. The van der Waals surface area contributed by atoms with Gasteiger partial charge in [-0.1, -0.05) is 24.3 Å². The Kier molecular flexibility index (Phi) is 2.87. The molecular weight excluding hydrogens is 170 g/mol. The first-order valence-electron chi connectivity index (χ1n) is 5.47.